The summed E-state index contributed by atoms with van der Waals surface area (Å²) in [5.41, 5.74) is 8.18. The van der Waals surface area contributed by atoms with Crippen LogP contribution in [0.2, 0.25) is 5.02 Å². The third-order valence-corrected chi connectivity index (χ3v) is 7.80. The Bertz CT molecular complexity index is 1250. The summed E-state index contributed by atoms with van der Waals surface area (Å²) in [5.74, 6) is 0.237. The molecule has 37 heavy (non-hydrogen) atoms. The highest BCUT2D eigenvalue weighted by molar-refractivity contribution is 6.32. The van der Waals surface area contributed by atoms with Gasteiger partial charge < -0.3 is 25.6 Å². The number of aromatic hydroxyl groups is 1. The number of ether oxygens (including phenoxy) is 2. The molecule has 3 aliphatic rings. The Kier molecular flexibility index (Phi) is 7.05. The Labute approximate surface area is 221 Å². The summed E-state index contributed by atoms with van der Waals surface area (Å²) in [7, 11) is 1.44. The van der Waals surface area contributed by atoms with Gasteiger partial charge in [0, 0.05) is 23.4 Å². The van der Waals surface area contributed by atoms with Crippen molar-refractivity contribution in [1.29, 1.82) is 0 Å². The number of rotatable bonds is 7. The van der Waals surface area contributed by atoms with Crippen molar-refractivity contribution in [3.8, 4) is 22.6 Å². The van der Waals surface area contributed by atoms with Gasteiger partial charge in [-0.2, -0.15) is 0 Å². The van der Waals surface area contributed by atoms with E-state index in [0.29, 0.717) is 34.9 Å². The topological polar surface area (TPSA) is 123 Å². The number of carbonyl (C=O) groups excluding carboxylic acids is 2. The molecule has 5 rings (SSSR count). The lowest BCUT2D eigenvalue weighted by atomic mass is 9.83. The number of hydrogen-bond acceptors (Lipinski definition) is 7. The van der Waals surface area contributed by atoms with Gasteiger partial charge >= 0.3 is 6.09 Å². The zero-order chi connectivity index (χ0) is 26.2. The molecule has 1 amide bonds. The van der Waals surface area contributed by atoms with E-state index in [1.807, 2.05) is 12.1 Å². The number of phenols is 1. The minimum absolute atomic E-state index is 0.0898. The van der Waals surface area contributed by atoms with Gasteiger partial charge in [-0.3, -0.25) is 10.1 Å². The fourth-order valence-corrected chi connectivity index (χ4v) is 5.40. The maximum atomic E-state index is 13.3. The van der Waals surface area contributed by atoms with Gasteiger partial charge in [0.2, 0.25) is 0 Å². The van der Waals surface area contributed by atoms with Crippen molar-refractivity contribution in [2.75, 3.05) is 19.0 Å². The average molecular weight is 526 g/mol. The first kappa shape index (κ1) is 25.4. The molecular formula is C28H32ClN3O5. The first-order chi connectivity index (χ1) is 17.8. The van der Waals surface area contributed by atoms with E-state index < -0.39 is 11.8 Å². The van der Waals surface area contributed by atoms with Gasteiger partial charge in [0.15, 0.2) is 22.9 Å². The quantitative estimate of drug-likeness (QED) is 0.355. The molecule has 196 valence electrons. The number of anilines is 1. The summed E-state index contributed by atoms with van der Waals surface area (Å²) in [5, 5.41) is 16.3. The van der Waals surface area contributed by atoms with Crippen LogP contribution < -0.4 is 21.1 Å². The highest BCUT2D eigenvalue weighted by Gasteiger charge is 2.46. The summed E-state index contributed by atoms with van der Waals surface area (Å²) < 4.78 is 10.8. The summed E-state index contributed by atoms with van der Waals surface area (Å²) in [4.78, 5) is 26.3. The summed E-state index contributed by atoms with van der Waals surface area (Å²) in [6.45, 7) is 0.328. The van der Waals surface area contributed by atoms with Crippen LogP contribution in [-0.4, -0.2) is 30.7 Å². The van der Waals surface area contributed by atoms with Crippen LogP contribution in [0.5, 0.6) is 11.5 Å². The van der Waals surface area contributed by atoms with E-state index in [0.717, 1.165) is 38.5 Å². The summed E-state index contributed by atoms with van der Waals surface area (Å²) >= 11 is 6.23. The summed E-state index contributed by atoms with van der Waals surface area (Å²) in [6, 6.07) is 8.77. The highest BCUT2D eigenvalue weighted by Crippen LogP contribution is 2.44. The Hall–Kier alpha value is -3.23. The van der Waals surface area contributed by atoms with E-state index in [4.69, 9.17) is 26.8 Å². The van der Waals surface area contributed by atoms with Crippen molar-refractivity contribution in [3.63, 3.8) is 0 Å². The average Bonchev–Trinajstić information content (AvgIpc) is 3.75. The van der Waals surface area contributed by atoms with Crippen molar-refractivity contribution >= 4 is 29.2 Å². The number of halogens is 1. The second-order valence-electron chi connectivity index (χ2n) is 10.1. The molecule has 0 saturated heterocycles. The van der Waals surface area contributed by atoms with Gasteiger partial charge in [-0.1, -0.05) is 36.9 Å². The van der Waals surface area contributed by atoms with E-state index in [1.165, 1.54) is 13.5 Å². The third-order valence-electron chi connectivity index (χ3n) is 7.51. The predicted octanol–water partition coefficient (Wildman–Crippen LogP) is 5.43. The number of carbonyl (C=O) groups is 2. The van der Waals surface area contributed by atoms with Crippen molar-refractivity contribution in [2.24, 2.45) is 17.6 Å². The number of nitrogens with one attached hydrogen (secondary N) is 2. The van der Waals surface area contributed by atoms with E-state index in [1.54, 1.807) is 24.4 Å². The van der Waals surface area contributed by atoms with Gasteiger partial charge in [-0.15, -0.1) is 0 Å². The molecule has 1 heterocycles. The first-order valence-electron chi connectivity index (χ1n) is 12.8. The number of alkyl carbamates (subject to hydrolysis) is 1. The number of Topliss-reactive ketones (excluding diaryl/α,β-unsaturated/α-hetero) is 1. The molecule has 0 aromatic heterocycles. The molecule has 2 aromatic carbocycles. The standard InChI is InChI=1S/C28H32ClN3O5/c1-36-24-13-19(12-22(29)26(24)34)18-9-10-23-20(11-18)28(30,21(14-31-23)25(33)17-7-8-17)32-27(35)37-15-16-5-3-2-4-6-16/h9-14,16-17,31,34H,2-8,15,30H2,1H3,(H,32,35). The number of ketones is 1. The molecule has 2 fully saturated rings. The van der Waals surface area contributed by atoms with Crippen molar-refractivity contribution in [1.82, 2.24) is 5.32 Å². The van der Waals surface area contributed by atoms with E-state index >= 15 is 0 Å². The smallest absolute Gasteiger partial charge is 0.409 e. The van der Waals surface area contributed by atoms with Crippen LogP contribution in [0.25, 0.3) is 11.1 Å². The number of nitrogens with two attached hydrogens (primary N) is 1. The molecule has 2 aromatic rings. The molecule has 0 spiro atoms. The SMILES string of the molecule is COc1cc(-c2ccc3c(c2)C(N)(NC(=O)OCC2CCCCC2)C(C(=O)C2CC2)=CN3)cc(Cl)c1O. The number of phenolic OH excluding ortho intramolecular Hbond substituents is 1. The van der Waals surface area contributed by atoms with Gasteiger partial charge in [0.05, 0.1) is 24.3 Å². The molecule has 1 atom stereocenters. The lowest BCUT2D eigenvalue weighted by Gasteiger charge is -2.37. The van der Waals surface area contributed by atoms with Crippen LogP contribution in [0.3, 0.4) is 0 Å². The van der Waals surface area contributed by atoms with Gasteiger partial charge in [0.1, 0.15) is 0 Å². The minimum Gasteiger partial charge on any atom is -0.503 e. The fourth-order valence-electron chi connectivity index (χ4n) is 5.19. The van der Waals surface area contributed by atoms with Crippen LogP contribution in [0, 0.1) is 11.8 Å². The molecule has 8 nitrogen and oxygen atoms in total. The lowest BCUT2D eigenvalue weighted by molar-refractivity contribution is -0.117. The van der Waals surface area contributed by atoms with Gasteiger partial charge in [-0.05, 0) is 67.0 Å². The van der Waals surface area contributed by atoms with E-state index in [2.05, 4.69) is 10.6 Å². The van der Waals surface area contributed by atoms with Gasteiger partial charge in [-0.25, -0.2) is 4.79 Å². The molecule has 5 N–H and O–H groups in total. The Morgan fingerprint density at radius 2 is 1.89 bits per heavy atom. The third kappa shape index (κ3) is 5.13. The van der Waals surface area contributed by atoms with Crippen LogP contribution in [0.15, 0.2) is 42.1 Å². The van der Waals surface area contributed by atoms with Crippen molar-refractivity contribution < 1.29 is 24.2 Å². The Morgan fingerprint density at radius 3 is 2.59 bits per heavy atom. The number of benzene rings is 2. The second-order valence-corrected chi connectivity index (χ2v) is 10.6. The molecule has 1 aliphatic heterocycles. The monoisotopic (exact) mass is 525 g/mol. The minimum atomic E-state index is -1.59. The van der Waals surface area contributed by atoms with Crippen LogP contribution >= 0.6 is 11.6 Å². The largest absolute Gasteiger partial charge is 0.503 e. The molecule has 0 bridgehead atoms. The summed E-state index contributed by atoms with van der Waals surface area (Å²) in [6.07, 6.45) is 8.13. The van der Waals surface area contributed by atoms with E-state index in [-0.39, 0.29) is 33.8 Å². The zero-order valence-corrected chi connectivity index (χ0v) is 21.6. The molecule has 2 aliphatic carbocycles. The normalized spacial score (nSPS) is 21.3. The maximum Gasteiger partial charge on any atom is 0.409 e. The van der Waals surface area contributed by atoms with Crippen LogP contribution in [0.4, 0.5) is 10.5 Å². The fraction of sp³-hybridized carbons (Fsp3) is 0.429. The molecule has 1 unspecified atom stereocenters. The van der Waals surface area contributed by atoms with Crippen molar-refractivity contribution in [3.05, 3.63) is 52.7 Å². The predicted molar refractivity (Wildman–Crippen MR) is 141 cm³/mol. The molecule has 2 saturated carbocycles. The molecule has 0 radical (unpaired) electrons. The first-order valence-corrected chi connectivity index (χ1v) is 13.1. The van der Waals surface area contributed by atoms with Gasteiger partial charge in [0.25, 0.3) is 0 Å². The molecule has 9 heteroatoms. The number of hydrogen-bond donors (Lipinski definition) is 4. The van der Waals surface area contributed by atoms with Crippen molar-refractivity contribution in [2.45, 2.75) is 50.6 Å². The second kappa shape index (κ2) is 10.3. The Balaban J connectivity index is 1.48. The van der Waals surface area contributed by atoms with Crippen LogP contribution in [0.1, 0.15) is 50.5 Å². The van der Waals surface area contributed by atoms with E-state index in [9.17, 15) is 14.7 Å². The Morgan fingerprint density at radius 1 is 1.14 bits per heavy atom. The molecular weight excluding hydrogens is 494 g/mol. The maximum absolute atomic E-state index is 13.3. The highest BCUT2D eigenvalue weighted by atomic mass is 35.5. The number of fused-ring (bicyclic) bond motifs is 1. The number of amides is 1. The zero-order valence-electron chi connectivity index (χ0n) is 20.8. The van der Waals surface area contributed by atoms with Crippen LogP contribution in [-0.2, 0) is 15.2 Å². The lowest BCUT2D eigenvalue weighted by Crippen LogP contribution is -2.57. The number of methoxy groups -OCH3 is 1.